The molecule has 0 aromatic heterocycles. The first-order chi connectivity index (χ1) is 9.63. The van der Waals surface area contributed by atoms with Gasteiger partial charge in [-0.2, -0.15) is 0 Å². The number of carbonyl (C=O) groups excluding carboxylic acids is 1. The van der Waals surface area contributed by atoms with Crippen molar-refractivity contribution in [2.75, 3.05) is 6.54 Å². The van der Waals surface area contributed by atoms with Gasteiger partial charge in [0, 0.05) is 16.6 Å². The number of carbonyl (C=O) groups is 1. The van der Waals surface area contributed by atoms with Crippen LogP contribution in [0.25, 0.3) is 0 Å². The fourth-order valence-corrected chi connectivity index (χ4v) is 3.48. The van der Waals surface area contributed by atoms with Crippen molar-refractivity contribution >= 4 is 17.4 Å². The van der Waals surface area contributed by atoms with Gasteiger partial charge in [-0.3, -0.25) is 9.69 Å². The van der Waals surface area contributed by atoms with Crippen LogP contribution in [0, 0.1) is 0 Å². The van der Waals surface area contributed by atoms with Crippen molar-refractivity contribution in [1.29, 1.82) is 0 Å². The van der Waals surface area contributed by atoms with Crippen LogP contribution in [0.4, 0.5) is 0 Å². The van der Waals surface area contributed by atoms with E-state index in [1.165, 1.54) is 32.1 Å². The molecule has 1 unspecified atom stereocenters. The molecule has 3 heteroatoms. The SMILES string of the molecule is CCN(C1CCCCC1)C(C)C(=O)c1cccc(Cl)c1. The Labute approximate surface area is 127 Å². The molecule has 0 N–H and O–H groups in total. The van der Waals surface area contributed by atoms with Crippen molar-refractivity contribution in [2.24, 2.45) is 0 Å². The van der Waals surface area contributed by atoms with E-state index in [9.17, 15) is 4.79 Å². The molecule has 0 radical (unpaired) electrons. The molecule has 1 aromatic rings. The van der Waals surface area contributed by atoms with E-state index in [1.807, 2.05) is 25.1 Å². The molecule has 20 heavy (non-hydrogen) atoms. The Morgan fingerprint density at radius 3 is 2.65 bits per heavy atom. The third-order valence-corrected chi connectivity index (χ3v) is 4.63. The summed E-state index contributed by atoms with van der Waals surface area (Å²) in [7, 11) is 0. The molecule has 1 aromatic carbocycles. The van der Waals surface area contributed by atoms with Gasteiger partial charge in [0.05, 0.1) is 6.04 Å². The van der Waals surface area contributed by atoms with Crippen LogP contribution < -0.4 is 0 Å². The lowest BCUT2D eigenvalue weighted by Crippen LogP contribution is -2.46. The number of hydrogen-bond acceptors (Lipinski definition) is 2. The Hall–Kier alpha value is -0.860. The second-order valence-electron chi connectivity index (χ2n) is 5.67. The monoisotopic (exact) mass is 293 g/mol. The fraction of sp³-hybridized carbons (Fsp3) is 0.588. The zero-order valence-electron chi connectivity index (χ0n) is 12.4. The molecule has 0 saturated heterocycles. The number of ketones is 1. The number of hydrogen-bond donors (Lipinski definition) is 0. The number of likely N-dealkylation sites (N-methyl/N-ethyl adjacent to an activating group) is 1. The summed E-state index contributed by atoms with van der Waals surface area (Å²) < 4.78 is 0. The third kappa shape index (κ3) is 3.62. The number of nitrogens with zero attached hydrogens (tertiary/aromatic N) is 1. The van der Waals surface area contributed by atoms with Crippen molar-refractivity contribution in [3.8, 4) is 0 Å². The highest BCUT2D eigenvalue weighted by atomic mass is 35.5. The summed E-state index contributed by atoms with van der Waals surface area (Å²) >= 11 is 5.99. The largest absolute Gasteiger partial charge is 0.292 e. The minimum Gasteiger partial charge on any atom is -0.292 e. The van der Waals surface area contributed by atoms with E-state index in [-0.39, 0.29) is 11.8 Å². The summed E-state index contributed by atoms with van der Waals surface area (Å²) in [5, 5.41) is 0.628. The first-order valence-electron chi connectivity index (χ1n) is 7.69. The van der Waals surface area contributed by atoms with Crippen molar-refractivity contribution in [3.05, 3.63) is 34.9 Å². The lowest BCUT2D eigenvalue weighted by Gasteiger charge is -2.37. The van der Waals surface area contributed by atoms with Gasteiger partial charge in [-0.25, -0.2) is 0 Å². The molecule has 0 aliphatic heterocycles. The molecule has 1 aliphatic carbocycles. The summed E-state index contributed by atoms with van der Waals surface area (Å²) in [5.74, 6) is 0.180. The van der Waals surface area contributed by atoms with Crippen LogP contribution in [0.15, 0.2) is 24.3 Å². The first kappa shape index (κ1) is 15.5. The number of Topliss-reactive ketones (excluding diaryl/α,β-unsaturated/α-hetero) is 1. The lowest BCUT2D eigenvalue weighted by atomic mass is 9.92. The van der Waals surface area contributed by atoms with Gasteiger partial charge in [0.1, 0.15) is 0 Å². The number of benzene rings is 1. The molecular formula is C17H24ClNO. The number of halogens is 1. The van der Waals surface area contributed by atoms with E-state index >= 15 is 0 Å². The molecule has 2 rings (SSSR count). The van der Waals surface area contributed by atoms with Crippen LogP contribution >= 0.6 is 11.6 Å². The van der Waals surface area contributed by atoms with Gasteiger partial charge in [-0.15, -0.1) is 0 Å². The molecule has 0 spiro atoms. The zero-order valence-corrected chi connectivity index (χ0v) is 13.2. The molecule has 0 amide bonds. The molecule has 0 bridgehead atoms. The predicted molar refractivity (Wildman–Crippen MR) is 84.5 cm³/mol. The average molecular weight is 294 g/mol. The maximum atomic E-state index is 12.6. The minimum absolute atomic E-state index is 0.0680. The molecule has 110 valence electrons. The molecule has 1 aliphatic rings. The molecule has 1 saturated carbocycles. The Morgan fingerprint density at radius 2 is 2.05 bits per heavy atom. The van der Waals surface area contributed by atoms with Crippen LogP contribution in [0.1, 0.15) is 56.3 Å². The maximum Gasteiger partial charge on any atom is 0.179 e. The van der Waals surface area contributed by atoms with Crippen molar-refractivity contribution in [3.63, 3.8) is 0 Å². The van der Waals surface area contributed by atoms with Crippen LogP contribution in [0.5, 0.6) is 0 Å². The minimum atomic E-state index is -0.0680. The summed E-state index contributed by atoms with van der Waals surface area (Å²) in [6.45, 7) is 5.11. The lowest BCUT2D eigenvalue weighted by molar-refractivity contribution is 0.0718. The van der Waals surface area contributed by atoms with Gasteiger partial charge in [-0.1, -0.05) is 49.9 Å². The van der Waals surface area contributed by atoms with Crippen molar-refractivity contribution in [2.45, 2.75) is 58.0 Å². The van der Waals surface area contributed by atoms with Gasteiger partial charge in [0.15, 0.2) is 5.78 Å². The highest BCUT2D eigenvalue weighted by Gasteiger charge is 2.28. The van der Waals surface area contributed by atoms with E-state index in [4.69, 9.17) is 11.6 Å². The summed E-state index contributed by atoms with van der Waals surface area (Å²) in [4.78, 5) is 15.0. The Balaban J connectivity index is 2.11. The van der Waals surface area contributed by atoms with Crippen LogP contribution in [-0.2, 0) is 0 Å². The first-order valence-corrected chi connectivity index (χ1v) is 8.06. The number of rotatable bonds is 5. The zero-order chi connectivity index (χ0) is 14.5. The van der Waals surface area contributed by atoms with Crippen LogP contribution in [0.3, 0.4) is 0 Å². The highest BCUT2D eigenvalue weighted by Crippen LogP contribution is 2.25. The quantitative estimate of drug-likeness (QED) is 0.741. The van der Waals surface area contributed by atoms with Gasteiger partial charge in [0.2, 0.25) is 0 Å². The highest BCUT2D eigenvalue weighted by molar-refractivity contribution is 6.31. The van der Waals surface area contributed by atoms with Gasteiger partial charge >= 0.3 is 0 Å². The van der Waals surface area contributed by atoms with Crippen molar-refractivity contribution < 1.29 is 4.79 Å². The molecule has 1 fully saturated rings. The maximum absolute atomic E-state index is 12.6. The van der Waals surface area contributed by atoms with E-state index < -0.39 is 0 Å². The van der Waals surface area contributed by atoms with Gasteiger partial charge in [0.25, 0.3) is 0 Å². The topological polar surface area (TPSA) is 20.3 Å². The van der Waals surface area contributed by atoms with Gasteiger partial charge in [-0.05, 0) is 38.4 Å². The van der Waals surface area contributed by atoms with Gasteiger partial charge < -0.3 is 0 Å². The second kappa shape index (κ2) is 7.24. The Morgan fingerprint density at radius 1 is 1.35 bits per heavy atom. The fourth-order valence-electron chi connectivity index (χ4n) is 3.29. The van der Waals surface area contributed by atoms with Crippen LogP contribution in [-0.4, -0.2) is 29.3 Å². The Kier molecular flexibility index (Phi) is 5.62. The Bertz CT molecular complexity index is 454. The van der Waals surface area contributed by atoms with E-state index in [0.717, 1.165) is 12.1 Å². The molecular weight excluding hydrogens is 270 g/mol. The normalized spacial score (nSPS) is 18.2. The van der Waals surface area contributed by atoms with E-state index in [2.05, 4.69) is 11.8 Å². The molecule has 0 heterocycles. The predicted octanol–water partition coefficient (Wildman–Crippen LogP) is 4.57. The van der Waals surface area contributed by atoms with Crippen molar-refractivity contribution in [1.82, 2.24) is 4.90 Å². The average Bonchev–Trinajstić information content (AvgIpc) is 2.48. The smallest absolute Gasteiger partial charge is 0.179 e. The molecule has 2 nitrogen and oxygen atoms in total. The summed E-state index contributed by atoms with van der Waals surface area (Å²) in [5.41, 5.74) is 0.722. The summed E-state index contributed by atoms with van der Waals surface area (Å²) in [6, 6.07) is 7.78. The van der Waals surface area contributed by atoms with E-state index in [0.29, 0.717) is 11.1 Å². The molecule has 1 atom stereocenters. The van der Waals surface area contributed by atoms with Crippen LogP contribution in [0.2, 0.25) is 5.02 Å². The standard InChI is InChI=1S/C17H24ClNO/c1-3-19(16-10-5-4-6-11-16)13(2)17(20)14-8-7-9-15(18)12-14/h7-9,12-13,16H,3-6,10-11H2,1-2H3. The van der Waals surface area contributed by atoms with E-state index in [1.54, 1.807) is 6.07 Å². The summed E-state index contributed by atoms with van der Waals surface area (Å²) in [6.07, 6.45) is 6.37. The third-order valence-electron chi connectivity index (χ3n) is 4.39. The second-order valence-corrected chi connectivity index (χ2v) is 6.11.